The molecule has 0 spiro atoms. The number of thiophene rings is 1. The molecule has 1 aromatic rings. The van der Waals surface area contributed by atoms with Crippen molar-refractivity contribution in [2.45, 2.75) is 38.6 Å². The lowest BCUT2D eigenvalue weighted by Gasteiger charge is -2.38. The van der Waals surface area contributed by atoms with Gasteiger partial charge in [0.1, 0.15) is 0 Å². The van der Waals surface area contributed by atoms with Crippen LogP contribution < -0.4 is 0 Å². The Labute approximate surface area is 145 Å². The fourth-order valence-corrected chi connectivity index (χ4v) is 4.19. The van der Waals surface area contributed by atoms with Gasteiger partial charge in [0.2, 0.25) is 5.91 Å². The highest BCUT2D eigenvalue weighted by atomic mass is 35.5. The molecule has 2 rings (SSSR count). The van der Waals surface area contributed by atoms with E-state index in [1.54, 1.807) is 0 Å². The van der Waals surface area contributed by atoms with Crippen molar-refractivity contribution in [2.24, 2.45) is 0 Å². The highest BCUT2D eigenvalue weighted by molar-refractivity contribution is 7.16. The molecule has 0 saturated carbocycles. The van der Waals surface area contributed by atoms with Crippen LogP contribution in [-0.2, 0) is 9.59 Å². The van der Waals surface area contributed by atoms with Gasteiger partial charge in [-0.05, 0) is 38.4 Å². The van der Waals surface area contributed by atoms with E-state index in [4.69, 9.17) is 16.7 Å². The summed E-state index contributed by atoms with van der Waals surface area (Å²) in [6.07, 6.45) is 1.65. The van der Waals surface area contributed by atoms with Crippen molar-refractivity contribution in [3.05, 3.63) is 21.3 Å². The molecule has 5 nitrogen and oxygen atoms in total. The average Bonchev–Trinajstić information content (AvgIpc) is 2.97. The highest BCUT2D eigenvalue weighted by Crippen LogP contribution is 2.30. The van der Waals surface area contributed by atoms with Gasteiger partial charge in [0.15, 0.2) is 0 Å². The van der Waals surface area contributed by atoms with E-state index in [9.17, 15) is 9.59 Å². The van der Waals surface area contributed by atoms with Crippen molar-refractivity contribution >= 4 is 34.8 Å². The summed E-state index contributed by atoms with van der Waals surface area (Å²) in [4.78, 5) is 28.4. The molecule has 1 aromatic heterocycles. The van der Waals surface area contributed by atoms with Crippen molar-refractivity contribution in [2.75, 3.05) is 26.2 Å². The number of piperidine rings is 1. The molecule has 0 aliphatic carbocycles. The fraction of sp³-hybridized carbons (Fsp3) is 0.625. The van der Waals surface area contributed by atoms with Gasteiger partial charge in [-0.25, -0.2) is 0 Å². The Morgan fingerprint density at radius 2 is 2.09 bits per heavy atom. The number of carbonyl (C=O) groups excluding carboxylic acids is 1. The van der Waals surface area contributed by atoms with E-state index in [1.807, 2.05) is 35.8 Å². The van der Waals surface area contributed by atoms with Crippen molar-refractivity contribution in [3.63, 3.8) is 0 Å². The number of hydrogen-bond donors (Lipinski definition) is 1. The second kappa shape index (κ2) is 8.13. The molecule has 0 radical (unpaired) electrons. The number of nitrogens with zero attached hydrogens (tertiary/aromatic N) is 2. The average molecular weight is 359 g/mol. The van der Waals surface area contributed by atoms with Crippen molar-refractivity contribution in [3.8, 4) is 0 Å². The minimum atomic E-state index is -0.798. The van der Waals surface area contributed by atoms with Crippen LogP contribution in [-0.4, -0.2) is 59.0 Å². The first-order valence-electron chi connectivity index (χ1n) is 7.92. The van der Waals surface area contributed by atoms with E-state index in [2.05, 4.69) is 0 Å². The summed E-state index contributed by atoms with van der Waals surface area (Å²) in [5.41, 5.74) is 0. The van der Waals surface area contributed by atoms with E-state index in [0.717, 1.165) is 24.3 Å². The van der Waals surface area contributed by atoms with Crippen LogP contribution in [0.25, 0.3) is 0 Å². The molecule has 0 unspecified atom stereocenters. The van der Waals surface area contributed by atoms with E-state index >= 15 is 0 Å². The molecule has 23 heavy (non-hydrogen) atoms. The van der Waals surface area contributed by atoms with Crippen LogP contribution in [0, 0.1) is 0 Å². The summed E-state index contributed by atoms with van der Waals surface area (Å²) in [7, 11) is 0. The van der Waals surface area contributed by atoms with Crippen LogP contribution in [0.1, 0.15) is 37.5 Å². The van der Waals surface area contributed by atoms with Crippen LogP contribution >= 0.6 is 22.9 Å². The Hall–Kier alpha value is -1.11. The molecular formula is C16H23ClN2O3S. The van der Waals surface area contributed by atoms with Gasteiger partial charge in [-0.3, -0.25) is 14.5 Å². The minimum Gasteiger partial charge on any atom is -0.480 e. The fourth-order valence-electron chi connectivity index (χ4n) is 3.08. The molecule has 1 amide bonds. The number of carboxylic acid groups (broad SMARTS) is 1. The minimum absolute atomic E-state index is 0.0687. The van der Waals surface area contributed by atoms with Crippen molar-refractivity contribution in [1.82, 2.24) is 9.80 Å². The zero-order valence-corrected chi connectivity index (χ0v) is 15.1. The molecule has 1 aliphatic rings. The third kappa shape index (κ3) is 4.68. The smallest absolute Gasteiger partial charge is 0.317 e. The summed E-state index contributed by atoms with van der Waals surface area (Å²) >= 11 is 7.40. The molecule has 1 fully saturated rings. The number of likely N-dealkylation sites (tertiary alicyclic amines) is 1. The Morgan fingerprint density at radius 3 is 2.57 bits per heavy atom. The quantitative estimate of drug-likeness (QED) is 0.849. The third-order valence-electron chi connectivity index (χ3n) is 4.43. The molecule has 128 valence electrons. The Bertz CT molecular complexity index is 555. The summed E-state index contributed by atoms with van der Waals surface area (Å²) < 4.78 is 0.700. The van der Waals surface area contributed by atoms with Gasteiger partial charge in [0, 0.05) is 24.0 Å². The number of carbonyl (C=O) groups is 2. The van der Waals surface area contributed by atoms with Crippen LogP contribution in [0.2, 0.25) is 4.34 Å². The molecule has 0 bridgehead atoms. The predicted octanol–water partition coefficient (Wildman–Crippen LogP) is 2.90. The number of aliphatic carboxylic acids is 1. The van der Waals surface area contributed by atoms with E-state index < -0.39 is 5.97 Å². The van der Waals surface area contributed by atoms with Gasteiger partial charge in [0.05, 0.1) is 16.8 Å². The number of likely N-dealkylation sites (N-methyl/N-ethyl adjacent to an activating group) is 1. The highest BCUT2D eigenvalue weighted by Gasteiger charge is 2.30. The maximum atomic E-state index is 12.6. The van der Waals surface area contributed by atoms with Gasteiger partial charge in [-0.15, -0.1) is 11.3 Å². The largest absolute Gasteiger partial charge is 0.480 e. The standard InChI is InChI=1S/C16H23ClN2O3S/c1-3-18(10-15(20)21)12-6-8-19(9-7-12)16(22)11(2)13-4-5-14(17)23-13/h4-5,11-12H,3,6-10H2,1-2H3,(H,20,21)/t11-/m1/s1. The normalized spacial score (nSPS) is 17.5. The monoisotopic (exact) mass is 358 g/mol. The number of amides is 1. The molecule has 1 saturated heterocycles. The van der Waals surface area contributed by atoms with Gasteiger partial charge >= 0.3 is 5.97 Å². The first kappa shape index (κ1) is 18.2. The van der Waals surface area contributed by atoms with E-state index in [1.165, 1.54) is 11.3 Å². The van der Waals surface area contributed by atoms with Gasteiger partial charge in [0.25, 0.3) is 0 Å². The number of rotatable bonds is 6. The first-order chi connectivity index (χ1) is 10.9. The zero-order chi connectivity index (χ0) is 17.0. The summed E-state index contributed by atoms with van der Waals surface area (Å²) in [6.45, 7) is 6.04. The molecular weight excluding hydrogens is 336 g/mol. The Kier molecular flexibility index (Phi) is 6.44. The maximum absolute atomic E-state index is 12.6. The number of halogens is 1. The van der Waals surface area contributed by atoms with E-state index in [-0.39, 0.29) is 24.4 Å². The predicted molar refractivity (Wildman–Crippen MR) is 92.2 cm³/mol. The van der Waals surface area contributed by atoms with Gasteiger partial charge in [-0.1, -0.05) is 18.5 Å². The molecule has 2 heterocycles. The summed E-state index contributed by atoms with van der Waals surface area (Å²) in [5.74, 6) is -0.845. The molecule has 7 heteroatoms. The Balaban J connectivity index is 1.90. The molecule has 0 aromatic carbocycles. The van der Waals surface area contributed by atoms with Crippen LogP contribution in [0.3, 0.4) is 0 Å². The van der Waals surface area contributed by atoms with Gasteiger partial charge in [-0.2, -0.15) is 0 Å². The molecule has 1 N–H and O–H groups in total. The summed E-state index contributed by atoms with van der Waals surface area (Å²) in [5, 5.41) is 8.97. The van der Waals surface area contributed by atoms with Crippen LogP contribution in [0.5, 0.6) is 0 Å². The van der Waals surface area contributed by atoms with Crippen molar-refractivity contribution in [1.29, 1.82) is 0 Å². The molecule has 1 aliphatic heterocycles. The third-order valence-corrected chi connectivity index (χ3v) is 5.84. The second-order valence-corrected chi connectivity index (χ2v) is 7.62. The topological polar surface area (TPSA) is 60.9 Å². The second-order valence-electron chi connectivity index (χ2n) is 5.88. The zero-order valence-electron chi connectivity index (χ0n) is 13.5. The molecule has 1 atom stereocenters. The lowest BCUT2D eigenvalue weighted by atomic mass is 10.0. The summed E-state index contributed by atoms with van der Waals surface area (Å²) in [6, 6.07) is 3.97. The van der Waals surface area contributed by atoms with Crippen molar-refractivity contribution < 1.29 is 14.7 Å². The van der Waals surface area contributed by atoms with Crippen LogP contribution in [0.15, 0.2) is 12.1 Å². The first-order valence-corrected chi connectivity index (χ1v) is 9.11. The lowest BCUT2D eigenvalue weighted by Crippen LogP contribution is -2.48. The van der Waals surface area contributed by atoms with Gasteiger partial charge < -0.3 is 10.0 Å². The van der Waals surface area contributed by atoms with Crippen LogP contribution in [0.4, 0.5) is 0 Å². The maximum Gasteiger partial charge on any atom is 0.317 e. The van der Waals surface area contributed by atoms with E-state index in [0.29, 0.717) is 17.4 Å². The lowest BCUT2D eigenvalue weighted by molar-refractivity contribution is -0.140. The number of carboxylic acids is 1. The Morgan fingerprint density at radius 1 is 1.43 bits per heavy atom. The number of hydrogen-bond acceptors (Lipinski definition) is 4. The SMILES string of the molecule is CCN(CC(=O)O)C1CCN(C(=O)[C@H](C)c2ccc(Cl)s2)CC1.